The minimum atomic E-state index is -0.663. The maximum Gasteiger partial charge on any atom is 0.151 e. The lowest BCUT2D eigenvalue weighted by Gasteiger charge is -2.08. The fourth-order valence-electron chi connectivity index (χ4n) is 1.23. The van der Waals surface area contributed by atoms with Crippen LogP contribution in [0.1, 0.15) is 18.1 Å². The van der Waals surface area contributed by atoms with Crippen LogP contribution in [0.15, 0.2) is 24.3 Å². The third-order valence-corrected chi connectivity index (χ3v) is 1.99. The average Bonchev–Trinajstić information content (AvgIpc) is 2.08. The lowest BCUT2D eigenvalue weighted by Crippen LogP contribution is -2.09. The van der Waals surface area contributed by atoms with Crippen molar-refractivity contribution < 1.29 is 9.84 Å². The Kier molecular flexibility index (Phi) is 3.93. The zero-order valence-electron chi connectivity index (χ0n) is 8.16. The molecule has 0 saturated heterocycles. The fourth-order valence-corrected chi connectivity index (χ4v) is 1.23. The van der Waals surface area contributed by atoms with Gasteiger partial charge in [0.05, 0.1) is 6.61 Å². The summed E-state index contributed by atoms with van der Waals surface area (Å²) in [5.41, 5.74) is 2.56. The van der Waals surface area contributed by atoms with Crippen LogP contribution in [0.5, 0.6) is 0 Å². The molecular weight excluding hydrogens is 164 g/mol. The van der Waals surface area contributed by atoms with E-state index < -0.39 is 6.29 Å². The van der Waals surface area contributed by atoms with E-state index in [1.54, 1.807) is 6.92 Å². The van der Waals surface area contributed by atoms with E-state index in [9.17, 15) is 0 Å². The molecule has 0 saturated carbocycles. The highest BCUT2D eigenvalue weighted by Gasteiger charge is 1.98. The van der Waals surface area contributed by atoms with Crippen LogP contribution in [0, 0.1) is 6.92 Å². The van der Waals surface area contributed by atoms with E-state index in [4.69, 9.17) is 9.84 Å². The number of aliphatic hydroxyl groups excluding tert-OH is 1. The van der Waals surface area contributed by atoms with Crippen molar-refractivity contribution in [1.82, 2.24) is 0 Å². The van der Waals surface area contributed by atoms with Crippen molar-refractivity contribution in [1.29, 1.82) is 0 Å². The molecule has 1 N–H and O–H groups in total. The van der Waals surface area contributed by atoms with E-state index in [2.05, 4.69) is 19.1 Å². The first-order valence-corrected chi connectivity index (χ1v) is 4.54. The molecule has 1 aromatic carbocycles. The second-order valence-electron chi connectivity index (χ2n) is 3.15. The molecule has 2 heteroatoms. The normalized spacial score (nSPS) is 12.8. The number of aliphatic hydroxyl groups is 1. The van der Waals surface area contributed by atoms with Gasteiger partial charge in [0.15, 0.2) is 6.29 Å². The Balaban J connectivity index is 2.41. The zero-order valence-corrected chi connectivity index (χ0v) is 8.16. The summed E-state index contributed by atoms with van der Waals surface area (Å²) >= 11 is 0. The summed E-state index contributed by atoms with van der Waals surface area (Å²) in [6.45, 7) is 4.28. The highest BCUT2D eigenvalue weighted by atomic mass is 16.6. The molecule has 1 rings (SSSR count). The van der Waals surface area contributed by atoms with Gasteiger partial charge in [0.2, 0.25) is 0 Å². The molecule has 0 bridgehead atoms. The minimum Gasteiger partial charge on any atom is -0.368 e. The van der Waals surface area contributed by atoms with E-state index in [0.29, 0.717) is 6.61 Å². The molecule has 0 fully saturated rings. The molecule has 0 aliphatic carbocycles. The molecule has 72 valence electrons. The zero-order chi connectivity index (χ0) is 9.68. The van der Waals surface area contributed by atoms with Crippen molar-refractivity contribution in [2.45, 2.75) is 26.6 Å². The largest absolute Gasteiger partial charge is 0.368 e. The first-order valence-electron chi connectivity index (χ1n) is 4.54. The third kappa shape index (κ3) is 3.57. The predicted octanol–water partition coefficient (Wildman–Crippen LogP) is 1.89. The molecule has 0 spiro atoms. The maximum absolute atomic E-state index is 8.88. The first-order chi connectivity index (χ1) is 6.20. The predicted molar refractivity (Wildman–Crippen MR) is 52.5 cm³/mol. The van der Waals surface area contributed by atoms with E-state index >= 15 is 0 Å². The minimum absolute atomic E-state index is 0.572. The molecule has 0 aliphatic heterocycles. The number of ether oxygens (including phenoxy) is 1. The lowest BCUT2D eigenvalue weighted by molar-refractivity contribution is -0.0838. The summed E-state index contributed by atoms with van der Waals surface area (Å²) in [6, 6.07) is 8.21. The van der Waals surface area contributed by atoms with Crippen LogP contribution < -0.4 is 0 Å². The molecule has 1 aromatic rings. The standard InChI is InChI=1S/C11H16O2/c1-9-5-3-4-6-11(9)7-8-13-10(2)12/h3-6,10,12H,7-8H2,1-2H3. The van der Waals surface area contributed by atoms with Crippen molar-refractivity contribution in [2.75, 3.05) is 6.61 Å². The Bertz CT molecular complexity index is 256. The van der Waals surface area contributed by atoms with Gasteiger partial charge in [-0.2, -0.15) is 0 Å². The van der Waals surface area contributed by atoms with Gasteiger partial charge >= 0.3 is 0 Å². The van der Waals surface area contributed by atoms with Crippen molar-refractivity contribution in [3.05, 3.63) is 35.4 Å². The van der Waals surface area contributed by atoms with Crippen LogP contribution in [-0.2, 0) is 11.2 Å². The van der Waals surface area contributed by atoms with Crippen LogP contribution in [0.3, 0.4) is 0 Å². The number of hydrogen-bond donors (Lipinski definition) is 1. The number of rotatable bonds is 4. The quantitative estimate of drug-likeness (QED) is 0.717. The van der Waals surface area contributed by atoms with Gasteiger partial charge in [0, 0.05) is 0 Å². The Morgan fingerprint density at radius 3 is 2.69 bits per heavy atom. The molecule has 0 aromatic heterocycles. The topological polar surface area (TPSA) is 29.5 Å². The molecular formula is C11H16O2. The lowest BCUT2D eigenvalue weighted by atomic mass is 10.1. The fraction of sp³-hybridized carbons (Fsp3) is 0.455. The molecule has 0 radical (unpaired) electrons. The third-order valence-electron chi connectivity index (χ3n) is 1.99. The van der Waals surface area contributed by atoms with Gasteiger partial charge in [-0.15, -0.1) is 0 Å². The van der Waals surface area contributed by atoms with Gasteiger partial charge in [0.25, 0.3) is 0 Å². The number of benzene rings is 1. The SMILES string of the molecule is Cc1ccccc1CCOC(C)O. The molecule has 2 nitrogen and oxygen atoms in total. The van der Waals surface area contributed by atoms with Crippen molar-refractivity contribution in [3.8, 4) is 0 Å². The van der Waals surface area contributed by atoms with Gasteiger partial charge in [-0.25, -0.2) is 0 Å². The summed E-state index contributed by atoms with van der Waals surface area (Å²) in [5.74, 6) is 0. The molecule has 0 heterocycles. The molecule has 0 aliphatic rings. The van der Waals surface area contributed by atoms with Crippen LogP contribution in [0.2, 0.25) is 0 Å². The van der Waals surface area contributed by atoms with Gasteiger partial charge in [-0.05, 0) is 31.4 Å². The smallest absolute Gasteiger partial charge is 0.151 e. The Morgan fingerprint density at radius 2 is 2.08 bits per heavy atom. The number of aryl methyl sites for hydroxylation is 1. The van der Waals surface area contributed by atoms with Crippen LogP contribution >= 0.6 is 0 Å². The Hall–Kier alpha value is -0.860. The Morgan fingerprint density at radius 1 is 1.38 bits per heavy atom. The van der Waals surface area contributed by atoms with Crippen LogP contribution in [-0.4, -0.2) is 18.0 Å². The summed E-state index contributed by atoms with van der Waals surface area (Å²) in [7, 11) is 0. The number of hydrogen-bond acceptors (Lipinski definition) is 2. The first kappa shape index (κ1) is 10.2. The monoisotopic (exact) mass is 180 g/mol. The van der Waals surface area contributed by atoms with Gasteiger partial charge in [-0.3, -0.25) is 0 Å². The highest BCUT2D eigenvalue weighted by Crippen LogP contribution is 2.07. The van der Waals surface area contributed by atoms with E-state index in [1.165, 1.54) is 11.1 Å². The van der Waals surface area contributed by atoms with E-state index in [1.807, 2.05) is 12.1 Å². The second-order valence-corrected chi connectivity index (χ2v) is 3.15. The van der Waals surface area contributed by atoms with Crippen molar-refractivity contribution in [3.63, 3.8) is 0 Å². The summed E-state index contributed by atoms with van der Waals surface area (Å²) < 4.78 is 5.06. The summed E-state index contributed by atoms with van der Waals surface area (Å²) in [6.07, 6.45) is 0.196. The molecule has 0 amide bonds. The molecule has 1 unspecified atom stereocenters. The van der Waals surface area contributed by atoms with Crippen LogP contribution in [0.4, 0.5) is 0 Å². The molecule has 13 heavy (non-hydrogen) atoms. The second kappa shape index (κ2) is 5.00. The molecule has 1 atom stereocenters. The van der Waals surface area contributed by atoms with E-state index in [0.717, 1.165) is 6.42 Å². The Labute approximate surface area is 79.2 Å². The average molecular weight is 180 g/mol. The summed E-state index contributed by atoms with van der Waals surface area (Å²) in [4.78, 5) is 0. The van der Waals surface area contributed by atoms with Gasteiger partial charge < -0.3 is 9.84 Å². The van der Waals surface area contributed by atoms with Crippen molar-refractivity contribution in [2.24, 2.45) is 0 Å². The van der Waals surface area contributed by atoms with E-state index in [-0.39, 0.29) is 0 Å². The van der Waals surface area contributed by atoms with Gasteiger partial charge in [-0.1, -0.05) is 24.3 Å². The highest BCUT2D eigenvalue weighted by molar-refractivity contribution is 5.25. The van der Waals surface area contributed by atoms with Gasteiger partial charge in [0.1, 0.15) is 0 Å². The maximum atomic E-state index is 8.88. The van der Waals surface area contributed by atoms with Crippen molar-refractivity contribution >= 4 is 0 Å². The summed E-state index contributed by atoms with van der Waals surface area (Å²) in [5, 5.41) is 8.88. The van der Waals surface area contributed by atoms with Crippen LogP contribution in [0.25, 0.3) is 0 Å².